The molecule has 2 amide bonds. The number of carbonyl (C=O) groups excluding carboxylic acids is 1. The Balaban J connectivity index is 2.13. The zero-order valence-corrected chi connectivity index (χ0v) is 10.7. The quantitative estimate of drug-likeness (QED) is 0.879. The van der Waals surface area contributed by atoms with Crippen molar-refractivity contribution in [1.29, 1.82) is 0 Å². The number of nitrogens with one attached hydrogen (secondary N) is 1. The predicted octanol–water partition coefficient (Wildman–Crippen LogP) is 1.45. The summed E-state index contributed by atoms with van der Waals surface area (Å²) < 4.78 is 13.2. The Morgan fingerprint density at radius 2 is 2.28 bits per heavy atom. The van der Waals surface area contributed by atoms with Gasteiger partial charge >= 0.3 is 6.03 Å². The molecule has 1 aliphatic rings. The molecule has 0 bridgehead atoms. The van der Waals surface area contributed by atoms with Crippen molar-refractivity contribution in [3.63, 3.8) is 0 Å². The summed E-state index contributed by atoms with van der Waals surface area (Å²) >= 11 is 0. The van der Waals surface area contributed by atoms with E-state index in [2.05, 4.69) is 5.32 Å². The number of rotatable bonds is 4. The van der Waals surface area contributed by atoms with Crippen molar-refractivity contribution in [3.8, 4) is 0 Å². The van der Waals surface area contributed by atoms with E-state index in [4.69, 9.17) is 0 Å². The van der Waals surface area contributed by atoms with E-state index in [9.17, 15) is 9.18 Å². The summed E-state index contributed by atoms with van der Waals surface area (Å²) in [5, 5.41) is 3.02. The Hall–Kier alpha value is -1.62. The van der Waals surface area contributed by atoms with Crippen LogP contribution in [0.3, 0.4) is 0 Å². The fraction of sp³-hybridized carbons (Fsp3) is 0.462. The second kappa shape index (κ2) is 5.35. The van der Waals surface area contributed by atoms with Crippen LogP contribution in [0.1, 0.15) is 11.6 Å². The second-order valence-electron chi connectivity index (χ2n) is 4.51. The van der Waals surface area contributed by atoms with Crippen molar-refractivity contribution >= 4 is 6.03 Å². The lowest BCUT2D eigenvalue weighted by atomic mass is 10.1. The lowest BCUT2D eigenvalue weighted by Crippen LogP contribution is -2.34. The predicted molar refractivity (Wildman–Crippen MR) is 67.8 cm³/mol. The number of benzene rings is 1. The van der Waals surface area contributed by atoms with Crippen LogP contribution in [0.15, 0.2) is 24.3 Å². The second-order valence-corrected chi connectivity index (χ2v) is 4.51. The van der Waals surface area contributed by atoms with Gasteiger partial charge in [0.05, 0.1) is 6.04 Å². The number of nitrogens with zero attached hydrogens (tertiary/aromatic N) is 2. The van der Waals surface area contributed by atoms with Crippen molar-refractivity contribution in [1.82, 2.24) is 15.1 Å². The topological polar surface area (TPSA) is 35.6 Å². The van der Waals surface area contributed by atoms with E-state index in [0.29, 0.717) is 13.1 Å². The highest BCUT2D eigenvalue weighted by Gasteiger charge is 2.34. The molecule has 0 radical (unpaired) electrons. The van der Waals surface area contributed by atoms with Gasteiger partial charge in [-0.2, -0.15) is 0 Å². The highest BCUT2D eigenvalue weighted by atomic mass is 19.1. The minimum absolute atomic E-state index is 0.000453. The molecule has 98 valence electrons. The molecular weight excluding hydrogens is 233 g/mol. The highest BCUT2D eigenvalue weighted by molar-refractivity contribution is 5.77. The van der Waals surface area contributed by atoms with Gasteiger partial charge < -0.3 is 15.1 Å². The Bertz CT molecular complexity index is 438. The van der Waals surface area contributed by atoms with Gasteiger partial charge in [0.25, 0.3) is 0 Å². The minimum atomic E-state index is -0.262. The summed E-state index contributed by atoms with van der Waals surface area (Å²) in [5.41, 5.74) is 0.845. The molecule has 1 heterocycles. The maximum absolute atomic E-state index is 13.2. The normalized spacial score (nSPS) is 19.7. The monoisotopic (exact) mass is 251 g/mol. The molecule has 18 heavy (non-hydrogen) atoms. The Kier molecular flexibility index (Phi) is 3.81. The Morgan fingerprint density at radius 1 is 1.50 bits per heavy atom. The molecule has 1 aromatic carbocycles. The van der Waals surface area contributed by atoms with Gasteiger partial charge in [0.1, 0.15) is 5.82 Å². The third-order valence-electron chi connectivity index (χ3n) is 3.30. The van der Waals surface area contributed by atoms with Crippen LogP contribution >= 0.6 is 0 Å². The van der Waals surface area contributed by atoms with E-state index in [0.717, 1.165) is 12.1 Å². The first-order valence-corrected chi connectivity index (χ1v) is 6.05. The molecule has 4 nitrogen and oxygen atoms in total. The number of halogens is 1. The molecule has 1 unspecified atom stereocenters. The van der Waals surface area contributed by atoms with Crippen molar-refractivity contribution in [2.24, 2.45) is 0 Å². The molecular formula is C13H18FN3O. The van der Waals surface area contributed by atoms with Crippen molar-refractivity contribution in [3.05, 3.63) is 35.6 Å². The minimum Gasteiger partial charge on any atom is -0.321 e. The van der Waals surface area contributed by atoms with Crippen LogP contribution in [0.5, 0.6) is 0 Å². The average Bonchev–Trinajstić information content (AvgIpc) is 2.64. The van der Waals surface area contributed by atoms with Crippen molar-refractivity contribution in [2.75, 3.05) is 33.7 Å². The lowest BCUT2D eigenvalue weighted by molar-refractivity contribution is 0.196. The Labute approximate surface area is 106 Å². The van der Waals surface area contributed by atoms with E-state index in [1.165, 1.54) is 12.1 Å². The number of amides is 2. The molecule has 1 aliphatic heterocycles. The zero-order chi connectivity index (χ0) is 13.1. The van der Waals surface area contributed by atoms with E-state index >= 15 is 0 Å². The molecule has 1 N–H and O–H groups in total. The fourth-order valence-corrected chi connectivity index (χ4v) is 2.24. The summed E-state index contributed by atoms with van der Waals surface area (Å²) in [5.74, 6) is -0.262. The molecule has 2 rings (SSSR count). The molecule has 0 saturated carbocycles. The fourth-order valence-electron chi connectivity index (χ4n) is 2.24. The maximum atomic E-state index is 13.2. The molecule has 1 atom stereocenters. The van der Waals surface area contributed by atoms with Crippen LogP contribution in [0, 0.1) is 5.82 Å². The molecule has 1 fully saturated rings. The van der Waals surface area contributed by atoms with E-state index in [1.54, 1.807) is 22.9 Å². The average molecular weight is 251 g/mol. The zero-order valence-electron chi connectivity index (χ0n) is 10.7. The number of likely N-dealkylation sites (N-methyl/N-ethyl adjacent to an activating group) is 2. The first-order chi connectivity index (χ1) is 8.63. The summed E-state index contributed by atoms with van der Waals surface area (Å²) in [4.78, 5) is 15.5. The van der Waals surface area contributed by atoms with E-state index in [-0.39, 0.29) is 17.9 Å². The number of hydrogen-bond acceptors (Lipinski definition) is 2. The molecule has 0 spiro atoms. The van der Waals surface area contributed by atoms with Crippen LogP contribution in [0.2, 0.25) is 0 Å². The van der Waals surface area contributed by atoms with Gasteiger partial charge in [-0.25, -0.2) is 9.18 Å². The van der Waals surface area contributed by atoms with Gasteiger partial charge in [-0.05, 0) is 24.7 Å². The molecule has 1 saturated heterocycles. The largest absolute Gasteiger partial charge is 0.321 e. The lowest BCUT2D eigenvalue weighted by Gasteiger charge is -2.17. The summed E-state index contributed by atoms with van der Waals surface area (Å²) in [6.45, 7) is 2.04. The number of carbonyl (C=O) groups is 1. The first-order valence-electron chi connectivity index (χ1n) is 6.05. The third kappa shape index (κ3) is 2.46. The third-order valence-corrected chi connectivity index (χ3v) is 3.30. The van der Waals surface area contributed by atoms with Crippen LogP contribution in [0.25, 0.3) is 0 Å². The number of hydrogen-bond donors (Lipinski definition) is 1. The number of urea groups is 1. The molecule has 5 heteroatoms. The van der Waals surface area contributed by atoms with Crippen LogP contribution in [0.4, 0.5) is 9.18 Å². The summed E-state index contributed by atoms with van der Waals surface area (Å²) in [6, 6.07) is 6.39. The SMILES string of the molecule is CNCCN1CC(c2cccc(F)c2)N(C)C1=O. The van der Waals surface area contributed by atoms with Crippen LogP contribution in [-0.4, -0.2) is 49.6 Å². The summed E-state index contributed by atoms with van der Waals surface area (Å²) in [7, 11) is 3.62. The highest BCUT2D eigenvalue weighted by Crippen LogP contribution is 2.27. The van der Waals surface area contributed by atoms with Gasteiger partial charge in [-0.15, -0.1) is 0 Å². The molecule has 1 aromatic rings. The standard InChI is InChI=1S/C13H18FN3O/c1-15-6-7-17-9-12(16(2)13(17)18)10-4-3-5-11(14)8-10/h3-5,8,12,15H,6-7,9H2,1-2H3. The van der Waals surface area contributed by atoms with Crippen LogP contribution < -0.4 is 5.32 Å². The van der Waals surface area contributed by atoms with E-state index < -0.39 is 0 Å². The van der Waals surface area contributed by atoms with E-state index in [1.807, 2.05) is 13.1 Å². The van der Waals surface area contributed by atoms with Crippen LogP contribution in [-0.2, 0) is 0 Å². The maximum Gasteiger partial charge on any atom is 0.320 e. The molecule has 0 aromatic heterocycles. The molecule has 0 aliphatic carbocycles. The summed E-state index contributed by atoms with van der Waals surface area (Å²) in [6.07, 6.45) is 0. The van der Waals surface area contributed by atoms with Crippen molar-refractivity contribution in [2.45, 2.75) is 6.04 Å². The van der Waals surface area contributed by atoms with Crippen molar-refractivity contribution < 1.29 is 9.18 Å². The smallest absolute Gasteiger partial charge is 0.320 e. The Morgan fingerprint density at radius 3 is 2.94 bits per heavy atom. The van der Waals surface area contributed by atoms with Gasteiger partial charge in [-0.3, -0.25) is 0 Å². The van der Waals surface area contributed by atoms with Gasteiger partial charge in [-0.1, -0.05) is 12.1 Å². The van der Waals surface area contributed by atoms with Gasteiger partial charge in [0, 0.05) is 26.7 Å². The van der Waals surface area contributed by atoms with Gasteiger partial charge in [0.15, 0.2) is 0 Å². The van der Waals surface area contributed by atoms with Gasteiger partial charge in [0.2, 0.25) is 0 Å². The first kappa shape index (κ1) is 12.8.